The van der Waals surface area contributed by atoms with Crippen molar-refractivity contribution in [2.45, 2.75) is 46.7 Å². The number of aryl methyl sites for hydroxylation is 3. The van der Waals surface area contributed by atoms with Crippen molar-refractivity contribution in [3.63, 3.8) is 0 Å². The molecule has 1 amide bonds. The van der Waals surface area contributed by atoms with Gasteiger partial charge in [0.1, 0.15) is 6.04 Å². The minimum Gasteiger partial charge on any atom is -0.467 e. The number of methoxy groups -OCH3 is 1. The zero-order valence-corrected chi connectivity index (χ0v) is 21.2. The molecule has 0 heterocycles. The van der Waals surface area contributed by atoms with Gasteiger partial charge in [-0.05, 0) is 86.2 Å². The summed E-state index contributed by atoms with van der Waals surface area (Å²) < 4.78 is 4.70. The van der Waals surface area contributed by atoms with E-state index in [-0.39, 0.29) is 11.9 Å². The van der Waals surface area contributed by atoms with Gasteiger partial charge in [-0.3, -0.25) is 4.79 Å². The molecule has 0 radical (unpaired) electrons. The second-order valence-electron chi connectivity index (χ2n) is 8.66. The highest BCUT2D eigenvalue weighted by Crippen LogP contribution is 2.29. The molecular formula is C28H31ClN2O3. The lowest BCUT2D eigenvalue weighted by atomic mass is 9.94. The molecule has 6 heteroatoms. The van der Waals surface area contributed by atoms with Crippen molar-refractivity contribution in [3.05, 3.63) is 87.4 Å². The quantitative estimate of drug-likeness (QED) is 0.386. The van der Waals surface area contributed by atoms with Gasteiger partial charge in [-0.25, -0.2) is 4.79 Å². The first-order chi connectivity index (χ1) is 16.1. The van der Waals surface area contributed by atoms with E-state index in [9.17, 15) is 9.59 Å². The van der Waals surface area contributed by atoms with Crippen LogP contribution in [0.25, 0.3) is 11.1 Å². The number of benzene rings is 3. The number of carbonyl (C=O) groups is 2. The summed E-state index contributed by atoms with van der Waals surface area (Å²) in [6.07, 6.45) is 0. The largest absolute Gasteiger partial charge is 0.467 e. The highest BCUT2D eigenvalue weighted by Gasteiger charge is 2.20. The fraction of sp³-hybridized carbons (Fsp3) is 0.286. The van der Waals surface area contributed by atoms with Gasteiger partial charge in [-0.1, -0.05) is 48.0 Å². The summed E-state index contributed by atoms with van der Waals surface area (Å²) in [5, 5.41) is 7.03. The summed E-state index contributed by atoms with van der Waals surface area (Å²) in [5.74, 6) is -0.769. The average Bonchev–Trinajstić information content (AvgIpc) is 2.79. The molecule has 1 unspecified atom stereocenters. The Labute approximate surface area is 206 Å². The predicted octanol–water partition coefficient (Wildman–Crippen LogP) is 6.40. The van der Waals surface area contributed by atoms with Crippen LogP contribution < -0.4 is 10.6 Å². The maximum atomic E-state index is 12.8. The van der Waals surface area contributed by atoms with Gasteiger partial charge >= 0.3 is 5.97 Å². The van der Waals surface area contributed by atoms with Gasteiger partial charge < -0.3 is 15.4 Å². The number of ether oxygens (including phenoxy) is 1. The minimum absolute atomic E-state index is 0.109. The number of hydrogen-bond donors (Lipinski definition) is 2. The normalized spacial score (nSPS) is 12.6. The Balaban J connectivity index is 1.82. The second kappa shape index (κ2) is 10.7. The highest BCUT2D eigenvalue weighted by molar-refractivity contribution is 6.31. The van der Waals surface area contributed by atoms with Gasteiger partial charge in [0.2, 0.25) is 0 Å². The summed E-state index contributed by atoms with van der Waals surface area (Å²) >= 11 is 6.17. The first kappa shape index (κ1) is 25.3. The minimum atomic E-state index is -0.717. The van der Waals surface area contributed by atoms with Crippen LogP contribution in [-0.4, -0.2) is 25.0 Å². The van der Waals surface area contributed by atoms with Crippen LogP contribution in [-0.2, 0) is 9.53 Å². The molecule has 0 aliphatic carbocycles. The van der Waals surface area contributed by atoms with Crippen LogP contribution in [0.4, 0.5) is 5.69 Å². The van der Waals surface area contributed by atoms with E-state index in [0.717, 1.165) is 44.1 Å². The summed E-state index contributed by atoms with van der Waals surface area (Å²) in [6.45, 7) is 9.53. The van der Waals surface area contributed by atoms with Gasteiger partial charge in [0.05, 0.1) is 7.11 Å². The smallest absolute Gasteiger partial charge is 0.328 e. The molecule has 0 aromatic heterocycles. The Hall–Kier alpha value is -3.31. The molecule has 34 heavy (non-hydrogen) atoms. The summed E-state index contributed by atoms with van der Waals surface area (Å²) in [4.78, 5) is 24.5. The van der Waals surface area contributed by atoms with E-state index < -0.39 is 12.0 Å². The molecule has 3 rings (SSSR count). The van der Waals surface area contributed by atoms with Crippen LogP contribution in [0.1, 0.15) is 52.5 Å². The molecule has 0 aliphatic rings. The molecule has 3 aromatic rings. The van der Waals surface area contributed by atoms with Crippen LogP contribution in [0.3, 0.4) is 0 Å². The third-order valence-corrected chi connectivity index (χ3v) is 6.35. The van der Waals surface area contributed by atoms with Crippen LogP contribution in [0.15, 0.2) is 54.6 Å². The monoisotopic (exact) mass is 478 g/mol. The topological polar surface area (TPSA) is 67.4 Å². The van der Waals surface area contributed by atoms with Crippen molar-refractivity contribution in [3.8, 4) is 11.1 Å². The van der Waals surface area contributed by atoms with Gasteiger partial charge in [-0.2, -0.15) is 0 Å². The van der Waals surface area contributed by atoms with Crippen molar-refractivity contribution in [2.75, 3.05) is 12.4 Å². The number of rotatable bonds is 7. The van der Waals surface area contributed by atoms with E-state index in [2.05, 4.69) is 35.8 Å². The Morgan fingerprint density at radius 1 is 0.882 bits per heavy atom. The molecule has 0 bridgehead atoms. The molecule has 2 atom stereocenters. The number of esters is 1. The lowest BCUT2D eigenvalue weighted by Gasteiger charge is -2.18. The van der Waals surface area contributed by atoms with Crippen molar-refractivity contribution in [2.24, 2.45) is 0 Å². The summed E-state index contributed by atoms with van der Waals surface area (Å²) in [5.41, 5.74) is 7.54. The Morgan fingerprint density at radius 2 is 1.56 bits per heavy atom. The van der Waals surface area contributed by atoms with Gasteiger partial charge in [-0.15, -0.1) is 0 Å². The van der Waals surface area contributed by atoms with E-state index in [1.807, 2.05) is 57.2 Å². The lowest BCUT2D eigenvalue weighted by Crippen LogP contribution is -2.39. The zero-order chi connectivity index (χ0) is 25.0. The van der Waals surface area contributed by atoms with E-state index in [1.54, 1.807) is 6.92 Å². The molecule has 3 aromatic carbocycles. The fourth-order valence-corrected chi connectivity index (χ4v) is 4.17. The third-order valence-electron chi connectivity index (χ3n) is 5.92. The Morgan fingerprint density at radius 3 is 2.18 bits per heavy atom. The molecule has 0 saturated heterocycles. The third kappa shape index (κ3) is 5.78. The molecule has 0 saturated carbocycles. The van der Waals surface area contributed by atoms with Crippen molar-refractivity contribution in [1.29, 1.82) is 0 Å². The number of amides is 1. The van der Waals surface area contributed by atoms with Crippen LogP contribution >= 0.6 is 11.6 Å². The standard InChI is InChI=1S/C28H31ClN2O3/c1-16-12-21(10-11-25(16)29)19(4)30-24-9-7-8-22(15-24)23-13-17(2)26(18(3)14-23)27(32)31-20(5)28(33)34-6/h7-15,19-20,30H,1-6H3,(H,31,32)/t19?,20-/m0/s1. The molecule has 0 aliphatic heterocycles. The van der Waals surface area contributed by atoms with Crippen LogP contribution in [0.2, 0.25) is 5.02 Å². The van der Waals surface area contributed by atoms with Crippen LogP contribution in [0, 0.1) is 20.8 Å². The molecule has 0 fully saturated rings. The first-order valence-electron chi connectivity index (χ1n) is 11.2. The average molecular weight is 479 g/mol. The summed E-state index contributed by atoms with van der Waals surface area (Å²) in [7, 11) is 1.30. The van der Waals surface area contributed by atoms with Crippen molar-refractivity contribution < 1.29 is 14.3 Å². The number of nitrogens with one attached hydrogen (secondary N) is 2. The van der Waals surface area contributed by atoms with Crippen molar-refractivity contribution >= 4 is 29.2 Å². The molecule has 2 N–H and O–H groups in total. The predicted molar refractivity (Wildman–Crippen MR) is 139 cm³/mol. The number of carbonyl (C=O) groups excluding carboxylic acids is 2. The highest BCUT2D eigenvalue weighted by atomic mass is 35.5. The van der Waals surface area contributed by atoms with Crippen molar-refractivity contribution in [1.82, 2.24) is 5.32 Å². The maximum Gasteiger partial charge on any atom is 0.328 e. The van der Waals surface area contributed by atoms with E-state index in [0.29, 0.717) is 5.56 Å². The fourth-order valence-electron chi connectivity index (χ4n) is 4.05. The molecule has 0 spiro atoms. The first-order valence-corrected chi connectivity index (χ1v) is 11.6. The number of anilines is 1. The van der Waals surface area contributed by atoms with Gasteiger partial charge in [0.25, 0.3) is 5.91 Å². The van der Waals surface area contributed by atoms with Crippen LogP contribution in [0.5, 0.6) is 0 Å². The zero-order valence-electron chi connectivity index (χ0n) is 20.5. The van der Waals surface area contributed by atoms with E-state index in [4.69, 9.17) is 16.3 Å². The van der Waals surface area contributed by atoms with E-state index >= 15 is 0 Å². The molecular weight excluding hydrogens is 448 g/mol. The summed E-state index contributed by atoms with van der Waals surface area (Å²) in [6, 6.07) is 17.7. The Kier molecular flexibility index (Phi) is 8.00. The second-order valence-corrected chi connectivity index (χ2v) is 9.07. The SMILES string of the molecule is COC(=O)[C@H](C)NC(=O)c1c(C)cc(-c2cccc(NC(C)c3ccc(Cl)c(C)c3)c2)cc1C. The Bertz CT molecular complexity index is 1200. The van der Waals surface area contributed by atoms with Gasteiger partial charge in [0, 0.05) is 22.3 Å². The van der Waals surface area contributed by atoms with Gasteiger partial charge in [0.15, 0.2) is 0 Å². The number of hydrogen-bond acceptors (Lipinski definition) is 4. The molecule has 5 nitrogen and oxygen atoms in total. The molecule has 178 valence electrons. The number of halogens is 1. The lowest BCUT2D eigenvalue weighted by molar-refractivity contribution is -0.142. The van der Waals surface area contributed by atoms with E-state index in [1.165, 1.54) is 7.11 Å². The maximum absolute atomic E-state index is 12.8.